The second-order valence-electron chi connectivity index (χ2n) is 2.49. The van der Waals surface area contributed by atoms with Crippen molar-refractivity contribution in [3.05, 3.63) is 30.0 Å². The van der Waals surface area contributed by atoms with E-state index in [4.69, 9.17) is 0 Å². The zero-order chi connectivity index (χ0) is 9.68. The van der Waals surface area contributed by atoms with E-state index in [0.29, 0.717) is 18.7 Å². The van der Waals surface area contributed by atoms with E-state index in [1.807, 2.05) is 6.08 Å². The topological polar surface area (TPSA) is 58.6 Å². The van der Waals surface area contributed by atoms with Crippen LogP contribution in [0, 0.1) is 6.42 Å². The molecule has 0 saturated carbocycles. The summed E-state index contributed by atoms with van der Waals surface area (Å²) in [6, 6.07) is 0. The molecular weight excluding hydrogens is 170 g/mol. The molecule has 1 amide bonds. The molecule has 1 aliphatic rings. The van der Waals surface area contributed by atoms with Crippen LogP contribution >= 0.6 is 0 Å². The van der Waals surface area contributed by atoms with Gasteiger partial charge in [-0.15, -0.1) is 0 Å². The molecule has 1 aliphatic carbocycles. The third kappa shape index (κ3) is 2.82. The van der Waals surface area contributed by atoms with E-state index < -0.39 is 6.09 Å². The maximum atomic E-state index is 10.9. The van der Waals surface area contributed by atoms with Gasteiger partial charge in [0.25, 0.3) is 0 Å². The first-order chi connectivity index (χ1) is 6.24. The lowest BCUT2D eigenvalue weighted by Gasteiger charge is -2.11. The fraction of sp³-hybridized carbons (Fsp3) is 0.333. The molecule has 0 aliphatic heterocycles. The van der Waals surface area contributed by atoms with Gasteiger partial charge in [-0.3, -0.25) is 5.32 Å². The van der Waals surface area contributed by atoms with Crippen LogP contribution in [0.3, 0.4) is 0 Å². The van der Waals surface area contributed by atoms with E-state index in [0.717, 1.165) is 0 Å². The van der Waals surface area contributed by atoms with Crippen LogP contribution in [0.15, 0.2) is 23.6 Å². The molecule has 1 rings (SSSR count). The molecule has 71 valence electrons. The van der Waals surface area contributed by atoms with Gasteiger partial charge in [-0.1, -0.05) is 6.08 Å². The fourth-order valence-electron chi connectivity index (χ4n) is 0.944. The Morgan fingerprint density at radius 3 is 3.15 bits per heavy atom. The van der Waals surface area contributed by atoms with Crippen molar-refractivity contribution in [2.24, 2.45) is 0 Å². The zero-order valence-corrected chi connectivity index (χ0v) is 7.41. The van der Waals surface area contributed by atoms with Gasteiger partial charge < -0.3 is 9.84 Å². The van der Waals surface area contributed by atoms with Crippen LogP contribution < -0.4 is 5.32 Å². The minimum Gasteiger partial charge on any atom is -0.510 e. The Morgan fingerprint density at radius 1 is 1.77 bits per heavy atom. The smallest absolute Gasteiger partial charge is 0.411 e. The molecule has 2 N–H and O–H groups in total. The standard InChI is InChI=1S/C9H12NO3/c1-2-13-9(12)10-7-5-3-4-6-8(7)11/h3,5-6,11H,2,4H2,1H3,(H,10,12). The number of ether oxygens (including phenoxy) is 1. The highest BCUT2D eigenvalue weighted by Gasteiger charge is 2.10. The van der Waals surface area contributed by atoms with Gasteiger partial charge in [0, 0.05) is 6.42 Å². The number of aliphatic hydroxyl groups excluding tert-OH is 1. The van der Waals surface area contributed by atoms with Gasteiger partial charge in [0.15, 0.2) is 0 Å². The third-order valence-corrected chi connectivity index (χ3v) is 1.52. The van der Waals surface area contributed by atoms with Crippen LogP contribution in [0.4, 0.5) is 4.79 Å². The Hall–Kier alpha value is -1.45. The van der Waals surface area contributed by atoms with Crippen molar-refractivity contribution in [3.63, 3.8) is 0 Å². The molecule has 4 nitrogen and oxygen atoms in total. The van der Waals surface area contributed by atoms with E-state index in [1.165, 1.54) is 0 Å². The lowest BCUT2D eigenvalue weighted by atomic mass is 10.1. The Labute approximate surface area is 76.9 Å². The number of rotatable bonds is 2. The number of allylic oxidation sites excluding steroid dienone is 3. The van der Waals surface area contributed by atoms with Crippen molar-refractivity contribution >= 4 is 6.09 Å². The summed E-state index contributed by atoms with van der Waals surface area (Å²) in [5.74, 6) is 0.0792. The van der Waals surface area contributed by atoms with Gasteiger partial charge in [0.1, 0.15) is 5.76 Å². The van der Waals surface area contributed by atoms with Gasteiger partial charge in [-0.05, 0) is 19.4 Å². The Kier molecular flexibility index (Phi) is 3.37. The number of amides is 1. The number of carbonyl (C=O) groups excluding carboxylic acids is 1. The molecule has 0 saturated heterocycles. The summed E-state index contributed by atoms with van der Waals surface area (Å²) in [6.45, 7) is 2.03. The quantitative estimate of drug-likeness (QED) is 0.682. The minimum atomic E-state index is -0.552. The number of aliphatic hydroxyl groups is 1. The second-order valence-corrected chi connectivity index (χ2v) is 2.49. The highest BCUT2D eigenvalue weighted by atomic mass is 16.5. The molecule has 13 heavy (non-hydrogen) atoms. The van der Waals surface area contributed by atoms with Crippen molar-refractivity contribution in [2.75, 3.05) is 6.61 Å². The lowest BCUT2D eigenvalue weighted by Crippen LogP contribution is -2.24. The van der Waals surface area contributed by atoms with Crippen molar-refractivity contribution < 1.29 is 14.6 Å². The summed E-state index contributed by atoms with van der Waals surface area (Å²) in [7, 11) is 0. The zero-order valence-electron chi connectivity index (χ0n) is 7.41. The van der Waals surface area contributed by atoms with Gasteiger partial charge in [0.05, 0.1) is 12.3 Å². The fourth-order valence-corrected chi connectivity index (χ4v) is 0.944. The Bertz CT molecular complexity index is 256. The normalized spacial score (nSPS) is 15.8. The molecule has 0 spiro atoms. The third-order valence-electron chi connectivity index (χ3n) is 1.52. The number of alkyl carbamates (subject to hydrolysis) is 1. The molecule has 0 aromatic carbocycles. The van der Waals surface area contributed by atoms with Crippen molar-refractivity contribution in [3.8, 4) is 0 Å². The van der Waals surface area contributed by atoms with Gasteiger partial charge in [0.2, 0.25) is 0 Å². The molecule has 1 radical (unpaired) electrons. The molecule has 4 heteroatoms. The van der Waals surface area contributed by atoms with Crippen LogP contribution in [0.2, 0.25) is 0 Å². The van der Waals surface area contributed by atoms with Gasteiger partial charge in [-0.2, -0.15) is 0 Å². The van der Waals surface area contributed by atoms with Crippen molar-refractivity contribution in [1.82, 2.24) is 5.32 Å². The highest BCUT2D eigenvalue weighted by molar-refractivity contribution is 5.70. The van der Waals surface area contributed by atoms with Crippen LogP contribution in [0.25, 0.3) is 0 Å². The minimum absolute atomic E-state index is 0.0792. The first kappa shape index (κ1) is 9.64. The maximum Gasteiger partial charge on any atom is 0.411 e. The SMILES string of the molecule is CCOC(=O)NC1=C(O)[CH]CC=C1. The van der Waals surface area contributed by atoms with Gasteiger partial charge >= 0.3 is 6.09 Å². The summed E-state index contributed by atoms with van der Waals surface area (Å²) in [5, 5.41) is 11.7. The molecule has 0 fully saturated rings. The number of hydrogen-bond donors (Lipinski definition) is 2. The summed E-state index contributed by atoms with van der Waals surface area (Å²) in [6.07, 6.45) is 5.22. The average molecular weight is 182 g/mol. The first-order valence-electron chi connectivity index (χ1n) is 4.10. The van der Waals surface area contributed by atoms with Gasteiger partial charge in [-0.25, -0.2) is 4.79 Å². The van der Waals surface area contributed by atoms with E-state index in [9.17, 15) is 9.90 Å². The summed E-state index contributed by atoms with van der Waals surface area (Å²) in [4.78, 5) is 10.9. The number of carbonyl (C=O) groups is 1. The lowest BCUT2D eigenvalue weighted by molar-refractivity contribution is 0.155. The van der Waals surface area contributed by atoms with Crippen LogP contribution in [-0.4, -0.2) is 17.8 Å². The highest BCUT2D eigenvalue weighted by Crippen LogP contribution is 2.12. The van der Waals surface area contributed by atoms with Crippen LogP contribution in [0.5, 0.6) is 0 Å². The molecular formula is C9H12NO3. The molecule has 0 unspecified atom stereocenters. The van der Waals surface area contributed by atoms with E-state index in [2.05, 4.69) is 10.1 Å². The Morgan fingerprint density at radius 2 is 2.54 bits per heavy atom. The molecule has 0 atom stereocenters. The van der Waals surface area contributed by atoms with E-state index in [1.54, 1.807) is 19.4 Å². The van der Waals surface area contributed by atoms with Crippen molar-refractivity contribution in [2.45, 2.75) is 13.3 Å². The number of nitrogens with one attached hydrogen (secondary N) is 1. The number of hydrogen-bond acceptors (Lipinski definition) is 3. The predicted molar refractivity (Wildman–Crippen MR) is 47.9 cm³/mol. The van der Waals surface area contributed by atoms with E-state index >= 15 is 0 Å². The summed E-state index contributed by atoms with van der Waals surface area (Å²) in [5.41, 5.74) is 0.379. The largest absolute Gasteiger partial charge is 0.510 e. The summed E-state index contributed by atoms with van der Waals surface area (Å²) < 4.78 is 4.65. The Balaban J connectivity index is 2.52. The second kappa shape index (κ2) is 4.54. The molecule has 0 aromatic heterocycles. The first-order valence-corrected chi connectivity index (χ1v) is 4.10. The average Bonchev–Trinajstić information content (AvgIpc) is 2.09. The summed E-state index contributed by atoms with van der Waals surface area (Å²) >= 11 is 0. The van der Waals surface area contributed by atoms with Crippen LogP contribution in [-0.2, 0) is 4.74 Å². The monoisotopic (exact) mass is 182 g/mol. The maximum absolute atomic E-state index is 10.9. The van der Waals surface area contributed by atoms with Crippen molar-refractivity contribution in [1.29, 1.82) is 0 Å². The molecule has 0 bridgehead atoms. The molecule has 0 heterocycles. The predicted octanol–water partition coefficient (Wildman–Crippen LogP) is 1.67. The van der Waals surface area contributed by atoms with E-state index in [-0.39, 0.29) is 5.76 Å². The van der Waals surface area contributed by atoms with Crippen LogP contribution in [0.1, 0.15) is 13.3 Å². The molecule has 0 aromatic rings.